The fraction of sp³-hybridized carbons (Fsp3) is 0.300. The molecule has 4 rings (SSSR count). The molecular formula is C20H20FN5O2. The van der Waals surface area contributed by atoms with Crippen molar-refractivity contribution < 1.29 is 13.9 Å². The molecule has 1 fully saturated rings. The van der Waals surface area contributed by atoms with Crippen LogP contribution in [0.3, 0.4) is 0 Å². The molecule has 1 unspecified atom stereocenters. The second-order valence-corrected chi connectivity index (χ2v) is 6.80. The number of aromatic nitrogens is 4. The Morgan fingerprint density at radius 2 is 2.11 bits per heavy atom. The molecule has 1 saturated heterocycles. The van der Waals surface area contributed by atoms with E-state index in [1.165, 1.54) is 6.07 Å². The first-order chi connectivity index (χ1) is 13.5. The Kier molecular flexibility index (Phi) is 4.77. The number of carbonyl (C=O) groups is 1. The molecule has 0 spiro atoms. The molecule has 144 valence electrons. The van der Waals surface area contributed by atoms with Gasteiger partial charge in [0.05, 0.1) is 17.8 Å². The molecule has 1 aliphatic rings. The number of para-hydroxylation sites is 1. The van der Waals surface area contributed by atoms with E-state index in [1.807, 2.05) is 6.92 Å². The maximum atomic E-state index is 13.9. The van der Waals surface area contributed by atoms with E-state index in [1.54, 1.807) is 53.3 Å². The predicted octanol–water partition coefficient (Wildman–Crippen LogP) is 3.43. The number of halogens is 1. The number of benzene rings is 1. The summed E-state index contributed by atoms with van der Waals surface area (Å²) in [5.41, 5.74) is 1.22. The van der Waals surface area contributed by atoms with Gasteiger partial charge in [-0.15, -0.1) is 0 Å². The monoisotopic (exact) mass is 381 g/mol. The molecule has 0 saturated carbocycles. The highest BCUT2D eigenvalue weighted by molar-refractivity contribution is 5.94. The first-order valence-corrected chi connectivity index (χ1v) is 9.09. The maximum Gasteiger partial charge on any atom is 0.257 e. The highest BCUT2D eigenvalue weighted by Gasteiger charge is 2.33. The van der Waals surface area contributed by atoms with Crippen LogP contribution in [0.1, 0.15) is 40.8 Å². The quantitative estimate of drug-likeness (QED) is 0.692. The zero-order chi connectivity index (χ0) is 19.7. The lowest BCUT2D eigenvalue weighted by molar-refractivity contribution is 0.0729. The zero-order valence-electron chi connectivity index (χ0n) is 15.7. The fourth-order valence-electron chi connectivity index (χ4n) is 3.38. The molecule has 2 aromatic heterocycles. The molecule has 0 bridgehead atoms. The summed E-state index contributed by atoms with van der Waals surface area (Å²) in [7, 11) is 1.77. The number of amides is 1. The fourth-order valence-corrected chi connectivity index (χ4v) is 3.38. The summed E-state index contributed by atoms with van der Waals surface area (Å²) < 4.78 is 21.1. The van der Waals surface area contributed by atoms with Crippen molar-refractivity contribution in [2.24, 2.45) is 7.05 Å². The topological polar surface area (TPSA) is 73.1 Å². The summed E-state index contributed by atoms with van der Waals surface area (Å²) in [5, 5.41) is 4.07. The van der Waals surface area contributed by atoms with E-state index in [2.05, 4.69) is 15.1 Å². The highest BCUT2D eigenvalue weighted by Crippen LogP contribution is 2.33. The van der Waals surface area contributed by atoms with Crippen LogP contribution < -0.4 is 4.74 Å². The molecule has 1 aliphatic heterocycles. The number of hydrogen-bond donors (Lipinski definition) is 0. The largest absolute Gasteiger partial charge is 0.436 e. The van der Waals surface area contributed by atoms with Crippen LogP contribution in [-0.2, 0) is 7.05 Å². The molecule has 0 N–H and O–H groups in total. The van der Waals surface area contributed by atoms with Gasteiger partial charge < -0.3 is 9.64 Å². The Balaban J connectivity index is 1.62. The van der Waals surface area contributed by atoms with Crippen molar-refractivity contribution in [1.29, 1.82) is 0 Å². The minimum absolute atomic E-state index is 0.0984. The van der Waals surface area contributed by atoms with E-state index in [4.69, 9.17) is 4.74 Å². The van der Waals surface area contributed by atoms with Crippen LogP contribution >= 0.6 is 0 Å². The number of aryl methyl sites for hydroxylation is 2. The standard InChI is InChI=1S/C20H20FN5O2/c1-13-10-18(28-17-8-4-3-6-15(17)21)24-19(23-13)16-7-5-9-26(16)20(27)14-11-22-25(2)12-14/h3-4,6,8,10-12,16H,5,7,9H2,1-2H3. The minimum Gasteiger partial charge on any atom is -0.436 e. The van der Waals surface area contributed by atoms with E-state index in [0.717, 1.165) is 12.8 Å². The second kappa shape index (κ2) is 7.38. The van der Waals surface area contributed by atoms with Crippen LogP contribution in [0.2, 0.25) is 0 Å². The molecule has 1 atom stereocenters. The summed E-state index contributed by atoms with van der Waals surface area (Å²) in [5.74, 6) is 0.294. The Bertz CT molecular complexity index is 1020. The molecule has 7 nitrogen and oxygen atoms in total. The first-order valence-electron chi connectivity index (χ1n) is 9.09. The van der Waals surface area contributed by atoms with Crippen LogP contribution in [0.5, 0.6) is 11.6 Å². The van der Waals surface area contributed by atoms with Gasteiger partial charge in [0.15, 0.2) is 17.4 Å². The summed E-state index contributed by atoms with van der Waals surface area (Å²) >= 11 is 0. The third-order valence-electron chi connectivity index (χ3n) is 4.66. The highest BCUT2D eigenvalue weighted by atomic mass is 19.1. The van der Waals surface area contributed by atoms with Gasteiger partial charge in [0.2, 0.25) is 5.88 Å². The molecule has 0 aliphatic carbocycles. The molecule has 1 amide bonds. The first kappa shape index (κ1) is 18.1. The van der Waals surface area contributed by atoms with Gasteiger partial charge in [-0.25, -0.2) is 9.37 Å². The average Bonchev–Trinajstić information content (AvgIpc) is 3.32. The van der Waals surface area contributed by atoms with Gasteiger partial charge in [-0.3, -0.25) is 9.48 Å². The number of ether oxygens (including phenoxy) is 1. The van der Waals surface area contributed by atoms with Gasteiger partial charge in [0, 0.05) is 31.5 Å². The van der Waals surface area contributed by atoms with E-state index >= 15 is 0 Å². The Morgan fingerprint density at radius 3 is 2.86 bits per heavy atom. The number of nitrogens with zero attached hydrogens (tertiary/aromatic N) is 5. The van der Waals surface area contributed by atoms with Gasteiger partial charge in [0.1, 0.15) is 0 Å². The van der Waals surface area contributed by atoms with Crippen LogP contribution in [0, 0.1) is 12.7 Å². The lowest BCUT2D eigenvalue weighted by Gasteiger charge is -2.23. The van der Waals surface area contributed by atoms with E-state index < -0.39 is 5.82 Å². The van der Waals surface area contributed by atoms with Gasteiger partial charge >= 0.3 is 0 Å². The number of hydrogen-bond acceptors (Lipinski definition) is 5. The normalized spacial score (nSPS) is 16.4. The van der Waals surface area contributed by atoms with Gasteiger partial charge in [-0.2, -0.15) is 10.1 Å². The molecule has 0 radical (unpaired) electrons. The van der Waals surface area contributed by atoms with Crippen LogP contribution in [0.25, 0.3) is 0 Å². The third-order valence-corrected chi connectivity index (χ3v) is 4.66. The number of carbonyl (C=O) groups excluding carboxylic acids is 1. The predicted molar refractivity (Wildman–Crippen MR) is 99.5 cm³/mol. The van der Waals surface area contributed by atoms with Crippen molar-refractivity contribution in [3.63, 3.8) is 0 Å². The number of likely N-dealkylation sites (tertiary alicyclic amines) is 1. The van der Waals surface area contributed by atoms with Crippen LogP contribution in [0.4, 0.5) is 4.39 Å². The van der Waals surface area contributed by atoms with Crippen molar-refractivity contribution in [2.75, 3.05) is 6.54 Å². The Labute approximate surface area is 161 Å². The lowest BCUT2D eigenvalue weighted by Crippen LogP contribution is -2.31. The SMILES string of the molecule is Cc1cc(Oc2ccccc2F)nc(C2CCCN2C(=O)c2cnn(C)c2)n1. The van der Waals surface area contributed by atoms with E-state index in [0.29, 0.717) is 23.6 Å². The van der Waals surface area contributed by atoms with E-state index in [-0.39, 0.29) is 23.6 Å². The van der Waals surface area contributed by atoms with E-state index in [9.17, 15) is 9.18 Å². The molecule has 28 heavy (non-hydrogen) atoms. The van der Waals surface area contributed by atoms with Crippen molar-refractivity contribution in [3.8, 4) is 11.6 Å². The molecular weight excluding hydrogens is 361 g/mol. The zero-order valence-corrected chi connectivity index (χ0v) is 15.7. The summed E-state index contributed by atoms with van der Waals surface area (Å²) in [6.07, 6.45) is 4.87. The van der Waals surface area contributed by atoms with Gasteiger partial charge in [-0.1, -0.05) is 12.1 Å². The summed E-state index contributed by atoms with van der Waals surface area (Å²) in [6.45, 7) is 2.45. The average molecular weight is 381 g/mol. The number of rotatable bonds is 4. The minimum atomic E-state index is -0.463. The van der Waals surface area contributed by atoms with Crippen molar-refractivity contribution in [1.82, 2.24) is 24.6 Å². The van der Waals surface area contributed by atoms with Crippen molar-refractivity contribution in [3.05, 3.63) is 65.6 Å². The van der Waals surface area contributed by atoms with Crippen molar-refractivity contribution in [2.45, 2.75) is 25.8 Å². The Morgan fingerprint density at radius 1 is 1.29 bits per heavy atom. The van der Waals surface area contributed by atoms with Crippen LogP contribution in [-0.4, -0.2) is 37.1 Å². The third kappa shape index (κ3) is 3.58. The van der Waals surface area contributed by atoms with Gasteiger partial charge in [-0.05, 0) is 31.9 Å². The second-order valence-electron chi connectivity index (χ2n) is 6.80. The Hall–Kier alpha value is -3.29. The van der Waals surface area contributed by atoms with Crippen molar-refractivity contribution >= 4 is 5.91 Å². The van der Waals surface area contributed by atoms with Crippen LogP contribution in [0.15, 0.2) is 42.7 Å². The molecule has 1 aromatic carbocycles. The smallest absolute Gasteiger partial charge is 0.257 e. The molecule has 8 heteroatoms. The summed E-state index contributed by atoms with van der Waals surface area (Å²) in [6, 6.07) is 7.56. The molecule has 3 heterocycles. The van der Waals surface area contributed by atoms with Gasteiger partial charge in [0.25, 0.3) is 5.91 Å². The summed E-state index contributed by atoms with van der Waals surface area (Å²) in [4.78, 5) is 23.6. The maximum absolute atomic E-state index is 13.9. The molecule has 3 aromatic rings. The lowest BCUT2D eigenvalue weighted by atomic mass is 10.2.